The van der Waals surface area contributed by atoms with Gasteiger partial charge in [0.25, 0.3) is 5.56 Å². The molecule has 4 aromatic rings. The van der Waals surface area contributed by atoms with Crippen molar-refractivity contribution in [2.24, 2.45) is 0 Å². The summed E-state index contributed by atoms with van der Waals surface area (Å²) >= 11 is 0. The van der Waals surface area contributed by atoms with Gasteiger partial charge in [0.05, 0.1) is 5.69 Å². The smallest absolute Gasteiger partial charge is 0.254 e. The fourth-order valence-corrected chi connectivity index (χ4v) is 3.34. The van der Waals surface area contributed by atoms with Gasteiger partial charge in [-0.2, -0.15) is 5.10 Å². The Bertz CT molecular complexity index is 1150. The number of para-hydroxylation sites is 1. The van der Waals surface area contributed by atoms with Gasteiger partial charge in [0.2, 0.25) is 0 Å². The minimum Gasteiger partial charge on any atom is -0.311 e. The lowest BCUT2D eigenvalue weighted by atomic mass is 10.1. The van der Waals surface area contributed by atoms with E-state index in [1.165, 1.54) is 0 Å². The van der Waals surface area contributed by atoms with Crippen molar-refractivity contribution in [3.05, 3.63) is 82.6 Å². The summed E-state index contributed by atoms with van der Waals surface area (Å²) in [4.78, 5) is 17.9. The number of benzene rings is 2. The van der Waals surface area contributed by atoms with Crippen molar-refractivity contribution in [2.45, 2.75) is 6.54 Å². The first-order valence-electron chi connectivity index (χ1n) is 9.74. The predicted molar refractivity (Wildman–Crippen MR) is 117 cm³/mol. The highest BCUT2D eigenvalue weighted by atomic mass is 16.1. The van der Waals surface area contributed by atoms with Crippen molar-refractivity contribution in [3.63, 3.8) is 0 Å². The van der Waals surface area contributed by atoms with Gasteiger partial charge in [-0.15, -0.1) is 0 Å². The van der Waals surface area contributed by atoms with E-state index in [0.29, 0.717) is 17.8 Å². The molecule has 0 bridgehead atoms. The van der Waals surface area contributed by atoms with Gasteiger partial charge in [0.1, 0.15) is 11.3 Å². The highest BCUT2D eigenvalue weighted by Gasteiger charge is 2.16. The average Bonchev–Trinajstić information content (AvgIpc) is 3.10. The Morgan fingerprint density at radius 3 is 2.41 bits per heavy atom. The second kappa shape index (κ2) is 8.43. The molecule has 0 radical (unpaired) electrons. The van der Waals surface area contributed by atoms with Crippen LogP contribution in [0.25, 0.3) is 28.0 Å². The van der Waals surface area contributed by atoms with Gasteiger partial charge in [0.15, 0.2) is 0 Å². The minimum atomic E-state index is -0.0912. The van der Waals surface area contributed by atoms with Crippen molar-refractivity contribution in [1.29, 1.82) is 0 Å². The first-order valence-corrected chi connectivity index (χ1v) is 9.74. The summed E-state index contributed by atoms with van der Waals surface area (Å²) in [5.41, 5.74) is 4.11. The zero-order valence-electron chi connectivity index (χ0n) is 16.7. The molecule has 6 nitrogen and oxygen atoms in total. The van der Waals surface area contributed by atoms with E-state index < -0.39 is 0 Å². The molecule has 2 aromatic heterocycles. The van der Waals surface area contributed by atoms with Crippen LogP contribution < -0.4 is 10.9 Å². The maximum absolute atomic E-state index is 12.7. The van der Waals surface area contributed by atoms with E-state index >= 15 is 0 Å². The number of nitrogens with zero attached hydrogens (tertiary/aromatic N) is 3. The average molecular weight is 387 g/mol. The summed E-state index contributed by atoms with van der Waals surface area (Å²) in [7, 11) is 4.06. The Labute approximate surface area is 169 Å². The summed E-state index contributed by atoms with van der Waals surface area (Å²) in [6, 6.07) is 21.9. The second-order valence-corrected chi connectivity index (χ2v) is 7.33. The monoisotopic (exact) mass is 387 g/mol. The number of hydrogen-bond acceptors (Lipinski definition) is 4. The molecule has 2 N–H and O–H groups in total. The molecule has 2 heterocycles. The SMILES string of the molecule is CN(C)CCNCc1cc2c(-c3ccccc3)nn(-c3ccccc3)c2[nH]c1=O. The maximum atomic E-state index is 12.7. The largest absolute Gasteiger partial charge is 0.311 e. The zero-order chi connectivity index (χ0) is 20.2. The summed E-state index contributed by atoms with van der Waals surface area (Å²) in [5, 5.41) is 9.13. The molecule has 148 valence electrons. The lowest BCUT2D eigenvalue weighted by Gasteiger charge is -2.10. The quantitative estimate of drug-likeness (QED) is 0.479. The Kier molecular flexibility index (Phi) is 5.55. The fraction of sp³-hybridized carbons (Fsp3) is 0.217. The molecule has 2 aromatic carbocycles. The van der Waals surface area contributed by atoms with Crippen LogP contribution >= 0.6 is 0 Å². The van der Waals surface area contributed by atoms with E-state index in [4.69, 9.17) is 5.10 Å². The van der Waals surface area contributed by atoms with Gasteiger partial charge in [-0.05, 0) is 32.3 Å². The van der Waals surface area contributed by atoms with E-state index in [9.17, 15) is 4.79 Å². The number of pyridine rings is 1. The van der Waals surface area contributed by atoms with Crippen LogP contribution in [-0.2, 0) is 6.54 Å². The summed E-state index contributed by atoms with van der Waals surface area (Å²) < 4.78 is 1.81. The zero-order valence-corrected chi connectivity index (χ0v) is 16.7. The summed E-state index contributed by atoms with van der Waals surface area (Å²) in [6.07, 6.45) is 0. The molecule has 6 heteroatoms. The molecule has 0 aliphatic carbocycles. The van der Waals surface area contributed by atoms with Gasteiger partial charge in [0, 0.05) is 36.1 Å². The highest BCUT2D eigenvalue weighted by molar-refractivity contribution is 5.92. The molecular weight excluding hydrogens is 362 g/mol. The molecular formula is C23H25N5O. The van der Waals surface area contributed by atoms with Gasteiger partial charge in [-0.25, -0.2) is 4.68 Å². The number of rotatable bonds is 7. The summed E-state index contributed by atoms with van der Waals surface area (Å²) in [5.74, 6) is 0. The van der Waals surface area contributed by atoms with Gasteiger partial charge >= 0.3 is 0 Å². The third-order valence-electron chi connectivity index (χ3n) is 4.86. The van der Waals surface area contributed by atoms with E-state index in [2.05, 4.69) is 15.2 Å². The second-order valence-electron chi connectivity index (χ2n) is 7.33. The maximum Gasteiger partial charge on any atom is 0.254 e. The standard InChI is InChI=1S/C23H25N5O/c1-27(2)14-13-24-16-18-15-20-21(17-9-5-3-6-10-17)26-28(22(20)25-23(18)29)19-11-7-4-8-12-19/h3-12,15,24H,13-14,16H2,1-2H3,(H,25,29). The molecule has 0 fully saturated rings. The number of H-pyrrole nitrogens is 1. The molecule has 0 saturated carbocycles. The van der Waals surface area contributed by atoms with Crippen LogP contribution in [-0.4, -0.2) is 46.8 Å². The van der Waals surface area contributed by atoms with Crippen LogP contribution in [0.2, 0.25) is 0 Å². The van der Waals surface area contributed by atoms with Crippen molar-refractivity contribution in [1.82, 2.24) is 25.0 Å². The van der Waals surface area contributed by atoms with E-state index in [-0.39, 0.29) is 5.56 Å². The van der Waals surface area contributed by atoms with Crippen LogP contribution in [0.3, 0.4) is 0 Å². The van der Waals surface area contributed by atoms with Gasteiger partial charge in [-0.1, -0.05) is 48.5 Å². The van der Waals surface area contributed by atoms with Crippen LogP contribution in [0.5, 0.6) is 0 Å². The van der Waals surface area contributed by atoms with Crippen molar-refractivity contribution < 1.29 is 0 Å². The first kappa shape index (κ1) is 19.1. The molecule has 29 heavy (non-hydrogen) atoms. The van der Waals surface area contributed by atoms with Crippen molar-refractivity contribution in [3.8, 4) is 16.9 Å². The topological polar surface area (TPSA) is 66.0 Å². The molecule has 4 rings (SSSR count). The van der Waals surface area contributed by atoms with Crippen LogP contribution in [0.15, 0.2) is 71.5 Å². The molecule has 0 amide bonds. The van der Waals surface area contributed by atoms with Gasteiger partial charge < -0.3 is 15.2 Å². The molecule has 0 aliphatic rings. The summed E-state index contributed by atoms with van der Waals surface area (Å²) in [6.45, 7) is 2.25. The number of hydrogen-bond donors (Lipinski definition) is 2. The Balaban J connectivity index is 1.80. The number of fused-ring (bicyclic) bond motifs is 1. The fourth-order valence-electron chi connectivity index (χ4n) is 3.34. The number of aromatic amines is 1. The number of nitrogens with one attached hydrogen (secondary N) is 2. The van der Waals surface area contributed by atoms with E-state index in [1.54, 1.807) is 0 Å². The third kappa shape index (κ3) is 4.13. The lowest BCUT2D eigenvalue weighted by molar-refractivity contribution is 0.400. The third-order valence-corrected chi connectivity index (χ3v) is 4.86. The molecule has 0 atom stereocenters. The number of likely N-dealkylation sites (N-methyl/N-ethyl adjacent to an activating group) is 1. The van der Waals surface area contributed by atoms with Crippen LogP contribution in [0, 0.1) is 0 Å². The molecule has 0 saturated heterocycles. The first-order chi connectivity index (χ1) is 14.1. The highest BCUT2D eigenvalue weighted by Crippen LogP contribution is 2.28. The Morgan fingerprint density at radius 2 is 1.72 bits per heavy atom. The Morgan fingerprint density at radius 1 is 1.03 bits per heavy atom. The lowest BCUT2D eigenvalue weighted by Crippen LogP contribution is -2.28. The normalized spacial score (nSPS) is 11.4. The molecule has 0 unspecified atom stereocenters. The van der Waals surface area contributed by atoms with Crippen molar-refractivity contribution >= 4 is 11.0 Å². The van der Waals surface area contributed by atoms with Gasteiger partial charge in [-0.3, -0.25) is 4.79 Å². The van der Waals surface area contributed by atoms with Crippen LogP contribution in [0.1, 0.15) is 5.56 Å². The Hall–Kier alpha value is -3.22. The molecule has 0 spiro atoms. The minimum absolute atomic E-state index is 0.0912. The van der Waals surface area contributed by atoms with E-state index in [0.717, 1.165) is 35.4 Å². The van der Waals surface area contributed by atoms with Crippen LogP contribution in [0.4, 0.5) is 0 Å². The number of aromatic nitrogens is 3. The van der Waals surface area contributed by atoms with E-state index in [1.807, 2.05) is 85.5 Å². The predicted octanol–water partition coefficient (Wildman–Crippen LogP) is 3.03. The molecule has 0 aliphatic heterocycles. The van der Waals surface area contributed by atoms with Crippen molar-refractivity contribution in [2.75, 3.05) is 27.2 Å².